The maximum atomic E-state index is 10.9. The predicted octanol–water partition coefficient (Wildman–Crippen LogP) is 3.45. The summed E-state index contributed by atoms with van der Waals surface area (Å²) in [5, 5.41) is 20.9. The zero-order chi connectivity index (χ0) is 17.1. The summed E-state index contributed by atoms with van der Waals surface area (Å²) < 4.78 is 0. The van der Waals surface area contributed by atoms with E-state index in [2.05, 4.69) is 15.9 Å². The molecule has 0 atom stereocenters. The minimum Gasteiger partial charge on any atom is -0.367 e. The number of hydrogen-bond acceptors (Lipinski definition) is 5. The molecule has 1 saturated heterocycles. The van der Waals surface area contributed by atoms with Crippen LogP contribution in [0.25, 0.3) is 0 Å². The van der Waals surface area contributed by atoms with Gasteiger partial charge in [0.25, 0.3) is 5.69 Å². The van der Waals surface area contributed by atoms with Crippen molar-refractivity contribution in [3.63, 3.8) is 0 Å². The Morgan fingerprint density at radius 2 is 1.67 bits per heavy atom. The van der Waals surface area contributed by atoms with Crippen LogP contribution in [0.3, 0.4) is 0 Å². The van der Waals surface area contributed by atoms with E-state index in [0.29, 0.717) is 5.56 Å². The quantitative estimate of drug-likeness (QED) is 0.631. The SMILES string of the molecule is N#Cc1cc([N+](=O)[O-])ccc1N1CCN(c2ccccc2Cl)CC1. The summed E-state index contributed by atoms with van der Waals surface area (Å²) in [7, 11) is 0. The van der Waals surface area contributed by atoms with E-state index in [-0.39, 0.29) is 5.69 Å². The van der Waals surface area contributed by atoms with Gasteiger partial charge in [-0.1, -0.05) is 23.7 Å². The van der Waals surface area contributed by atoms with E-state index in [4.69, 9.17) is 11.6 Å². The summed E-state index contributed by atoms with van der Waals surface area (Å²) in [6.07, 6.45) is 0. The highest BCUT2D eigenvalue weighted by Gasteiger charge is 2.22. The van der Waals surface area contributed by atoms with Crippen molar-refractivity contribution in [2.45, 2.75) is 0 Å². The first-order valence-electron chi connectivity index (χ1n) is 7.53. The highest BCUT2D eigenvalue weighted by Crippen LogP contribution is 2.29. The lowest BCUT2D eigenvalue weighted by Crippen LogP contribution is -2.46. The number of hydrogen-bond donors (Lipinski definition) is 0. The van der Waals surface area contributed by atoms with Gasteiger partial charge in [0.2, 0.25) is 0 Å². The van der Waals surface area contributed by atoms with Crippen molar-refractivity contribution < 1.29 is 4.92 Å². The second-order valence-corrected chi connectivity index (χ2v) is 5.90. The van der Waals surface area contributed by atoms with Crippen molar-refractivity contribution in [3.8, 4) is 6.07 Å². The fraction of sp³-hybridized carbons (Fsp3) is 0.235. The lowest BCUT2D eigenvalue weighted by Gasteiger charge is -2.38. The molecule has 0 spiro atoms. The first kappa shape index (κ1) is 16.1. The average Bonchev–Trinajstić information content (AvgIpc) is 2.62. The van der Waals surface area contributed by atoms with E-state index < -0.39 is 4.92 Å². The molecule has 1 aliphatic rings. The number of nitrogens with zero attached hydrogens (tertiary/aromatic N) is 4. The fourth-order valence-electron chi connectivity index (χ4n) is 2.90. The third-order valence-electron chi connectivity index (χ3n) is 4.12. The van der Waals surface area contributed by atoms with Crippen LogP contribution in [0.2, 0.25) is 5.02 Å². The molecule has 7 heteroatoms. The van der Waals surface area contributed by atoms with E-state index in [9.17, 15) is 15.4 Å². The number of rotatable bonds is 3. The topological polar surface area (TPSA) is 73.4 Å². The van der Waals surface area contributed by atoms with Gasteiger partial charge in [0, 0.05) is 38.3 Å². The van der Waals surface area contributed by atoms with Gasteiger partial charge in [-0.25, -0.2) is 0 Å². The number of non-ortho nitro benzene ring substituents is 1. The summed E-state index contributed by atoms with van der Waals surface area (Å²) >= 11 is 6.24. The number of nitro benzene ring substituents is 1. The molecule has 0 aliphatic carbocycles. The molecule has 0 unspecified atom stereocenters. The molecule has 0 bridgehead atoms. The van der Waals surface area contributed by atoms with Gasteiger partial charge < -0.3 is 9.80 Å². The fourth-order valence-corrected chi connectivity index (χ4v) is 3.15. The van der Waals surface area contributed by atoms with E-state index in [1.54, 1.807) is 6.07 Å². The van der Waals surface area contributed by atoms with E-state index >= 15 is 0 Å². The van der Waals surface area contributed by atoms with Crippen molar-refractivity contribution in [3.05, 3.63) is 63.2 Å². The Kier molecular flexibility index (Phi) is 4.54. The molecule has 122 valence electrons. The zero-order valence-corrected chi connectivity index (χ0v) is 13.6. The number of para-hydroxylation sites is 1. The molecule has 0 N–H and O–H groups in total. The monoisotopic (exact) mass is 342 g/mol. The summed E-state index contributed by atoms with van der Waals surface area (Å²) in [4.78, 5) is 14.6. The molecule has 0 aromatic heterocycles. The predicted molar refractivity (Wildman–Crippen MR) is 93.7 cm³/mol. The summed E-state index contributed by atoms with van der Waals surface area (Å²) in [6.45, 7) is 2.98. The maximum Gasteiger partial charge on any atom is 0.270 e. The van der Waals surface area contributed by atoms with Gasteiger partial charge in [0.15, 0.2) is 0 Å². The minimum absolute atomic E-state index is 0.0648. The third kappa shape index (κ3) is 3.12. The first-order valence-corrected chi connectivity index (χ1v) is 7.91. The van der Waals surface area contributed by atoms with Gasteiger partial charge >= 0.3 is 0 Å². The molecule has 0 amide bonds. The molecule has 1 heterocycles. The second kappa shape index (κ2) is 6.77. The number of halogens is 1. The molecule has 2 aromatic rings. The standard InChI is InChI=1S/C17H15ClN4O2/c18-15-3-1-2-4-17(15)21-9-7-20(8-10-21)16-6-5-14(22(23)24)11-13(16)12-19/h1-6,11H,7-10H2. The molecule has 6 nitrogen and oxygen atoms in total. The maximum absolute atomic E-state index is 10.9. The Bertz CT molecular complexity index is 810. The Balaban J connectivity index is 1.77. The zero-order valence-electron chi connectivity index (χ0n) is 12.9. The summed E-state index contributed by atoms with van der Waals surface area (Å²) in [6, 6.07) is 14.2. The van der Waals surface area contributed by atoms with Crippen molar-refractivity contribution in [1.82, 2.24) is 0 Å². The molecular weight excluding hydrogens is 328 g/mol. The van der Waals surface area contributed by atoms with Crippen LogP contribution in [0.15, 0.2) is 42.5 Å². The lowest BCUT2D eigenvalue weighted by molar-refractivity contribution is -0.384. The number of anilines is 2. The van der Waals surface area contributed by atoms with Crippen LogP contribution >= 0.6 is 11.6 Å². The normalized spacial score (nSPS) is 14.3. The molecule has 0 saturated carbocycles. The molecular formula is C17H15ClN4O2. The minimum atomic E-state index is -0.486. The molecule has 3 rings (SSSR count). The Morgan fingerprint density at radius 1 is 1.04 bits per heavy atom. The van der Waals surface area contributed by atoms with Crippen LogP contribution in [0.4, 0.5) is 17.1 Å². The molecule has 1 aliphatic heterocycles. The van der Waals surface area contributed by atoms with Crippen LogP contribution < -0.4 is 9.80 Å². The average molecular weight is 343 g/mol. The number of piperazine rings is 1. The van der Waals surface area contributed by atoms with E-state index in [1.165, 1.54) is 12.1 Å². The van der Waals surface area contributed by atoms with E-state index in [0.717, 1.165) is 42.6 Å². The first-order chi connectivity index (χ1) is 11.6. The number of nitro groups is 1. The third-order valence-corrected chi connectivity index (χ3v) is 4.44. The summed E-state index contributed by atoms with van der Waals surface area (Å²) in [5.74, 6) is 0. The highest BCUT2D eigenvalue weighted by atomic mass is 35.5. The highest BCUT2D eigenvalue weighted by molar-refractivity contribution is 6.33. The van der Waals surface area contributed by atoms with Gasteiger partial charge in [-0.3, -0.25) is 10.1 Å². The van der Waals surface area contributed by atoms with Crippen molar-refractivity contribution in [2.75, 3.05) is 36.0 Å². The molecule has 24 heavy (non-hydrogen) atoms. The lowest BCUT2D eigenvalue weighted by atomic mass is 10.1. The largest absolute Gasteiger partial charge is 0.367 e. The van der Waals surface area contributed by atoms with Gasteiger partial charge in [-0.05, 0) is 18.2 Å². The number of benzene rings is 2. The van der Waals surface area contributed by atoms with Gasteiger partial charge in [-0.15, -0.1) is 0 Å². The van der Waals surface area contributed by atoms with Crippen LogP contribution in [0.1, 0.15) is 5.56 Å². The van der Waals surface area contributed by atoms with Crippen molar-refractivity contribution in [2.24, 2.45) is 0 Å². The Hall–Kier alpha value is -2.78. The number of nitriles is 1. The Morgan fingerprint density at radius 3 is 2.25 bits per heavy atom. The second-order valence-electron chi connectivity index (χ2n) is 5.50. The van der Waals surface area contributed by atoms with Gasteiger partial charge in [-0.2, -0.15) is 5.26 Å². The van der Waals surface area contributed by atoms with E-state index in [1.807, 2.05) is 24.3 Å². The van der Waals surface area contributed by atoms with Gasteiger partial charge in [0.1, 0.15) is 6.07 Å². The van der Waals surface area contributed by atoms with Crippen molar-refractivity contribution in [1.29, 1.82) is 5.26 Å². The van der Waals surface area contributed by atoms with Crippen molar-refractivity contribution >= 4 is 28.7 Å². The van der Waals surface area contributed by atoms with Crippen LogP contribution in [0.5, 0.6) is 0 Å². The molecule has 1 fully saturated rings. The van der Waals surface area contributed by atoms with Crippen LogP contribution in [-0.2, 0) is 0 Å². The molecule has 2 aromatic carbocycles. The van der Waals surface area contributed by atoms with Crippen LogP contribution in [0, 0.1) is 21.4 Å². The Labute approximate surface area is 144 Å². The smallest absolute Gasteiger partial charge is 0.270 e. The molecule has 0 radical (unpaired) electrons. The van der Waals surface area contributed by atoms with Crippen LogP contribution in [-0.4, -0.2) is 31.1 Å². The van der Waals surface area contributed by atoms with Gasteiger partial charge in [0.05, 0.1) is 26.9 Å². The summed E-state index contributed by atoms with van der Waals surface area (Å²) in [5.41, 5.74) is 2.00.